The number of carbonyl (C=O) groups excluding carboxylic acids is 1. The van der Waals surface area contributed by atoms with Gasteiger partial charge in [-0.15, -0.1) is 0 Å². The van der Waals surface area contributed by atoms with E-state index < -0.39 is 9.84 Å². The molecule has 2 aromatic rings. The first kappa shape index (κ1) is 14.8. The fraction of sp³-hybridized carbons (Fsp3) is 0.333. The number of hydrogen-bond acceptors (Lipinski definition) is 4. The molecule has 1 aliphatic rings. The lowest BCUT2D eigenvalue weighted by Gasteiger charge is -2.23. The van der Waals surface area contributed by atoms with Crippen molar-refractivity contribution in [2.24, 2.45) is 0 Å². The van der Waals surface area contributed by atoms with Crippen LogP contribution < -0.4 is 0 Å². The summed E-state index contributed by atoms with van der Waals surface area (Å²) < 4.78 is 24.9. The van der Waals surface area contributed by atoms with Crippen molar-refractivity contribution >= 4 is 15.7 Å². The number of sulfone groups is 1. The molecule has 3 rings (SSSR count). The first-order valence-corrected chi connectivity index (χ1v) is 8.85. The zero-order chi connectivity index (χ0) is 15.7. The van der Waals surface area contributed by atoms with Crippen molar-refractivity contribution in [2.75, 3.05) is 18.6 Å². The molecule has 0 unspecified atom stereocenters. The molecule has 0 radical (unpaired) electrons. The second kappa shape index (κ2) is 5.57. The summed E-state index contributed by atoms with van der Waals surface area (Å²) in [6.07, 6.45) is 3.58. The minimum Gasteiger partial charge on any atom is -0.336 e. The van der Waals surface area contributed by atoms with E-state index in [1.807, 2.05) is 30.3 Å². The number of nitrogens with zero attached hydrogens (tertiary/aromatic N) is 3. The molecule has 1 aromatic heterocycles. The molecule has 0 spiro atoms. The minimum atomic E-state index is -3.02. The topological polar surface area (TPSA) is 72.3 Å². The molecule has 1 atom stereocenters. The van der Waals surface area contributed by atoms with Crippen LogP contribution in [0.4, 0.5) is 0 Å². The van der Waals surface area contributed by atoms with E-state index in [1.165, 1.54) is 11.1 Å². The Bertz CT molecular complexity index is 783. The van der Waals surface area contributed by atoms with Crippen LogP contribution in [0, 0.1) is 0 Å². The van der Waals surface area contributed by atoms with Gasteiger partial charge >= 0.3 is 0 Å². The van der Waals surface area contributed by atoms with Gasteiger partial charge in [0.25, 0.3) is 5.91 Å². The zero-order valence-corrected chi connectivity index (χ0v) is 13.0. The average Bonchev–Trinajstić information content (AvgIpc) is 3.13. The predicted molar refractivity (Wildman–Crippen MR) is 82.7 cm³/mol. The van der Waals surface area contributed by atoms with Gasteiger partial charge in [-0.05, 0) is 18.6 Å². The van der Waals surface area contributed by atoms with Gasteiger partial charge in [-0.25, -0.2) is 13.4 Å². The quantitative estimate of drug-likeness (QED) is 0.850. The molecular weight excluding hydrogens is 302 g/mol. The van der Waals surface area contributed by atoms with Crippen molar-refractivity contribution in [1.82, 2.24) is 14.5 Å². The Morgan fingerprint density at radius 3 is 2.68 bits per heavy atom. The lowest BCUT2D eigenvalue weighted by atomic mass is 10.2. The normalized spacial score (nSPS) is 20.0. The van der Waals surface area contributed by atoms with Crippen LogP contribution in [0.15, 0.2) is 42.9 Å². The number of aromatic nitrogens is 2. The Labute approximate surface area is 129 Å². The van der Waals surface area contributed by atoms with Gasteiger partial charge in [0.15, 0.2) is 9.84 Å². The monoisotopic (exact) mass is 319 g/mol. The second-order valence-corrected chi connectivity index (χ2v) is 7.69. The molecule has 7 heteroatoms. The number of amides is 1. The van der Waals surface area contributed by atoms with Crippen molar-refractivity contribution in [3.8, 4) is 5.69 Å². The third-order valence-corrected chi connectivity index (χ3v) is 5.72. The number of carbonyl (C=O) groups is 1. The zero-order valence-electron chi connectivity index (χ0n) is 12.2. The largest absolute Gasteiger partial charge is 0.336 e. The maximum absolute atomic E-state index is 12.7. The lowest BCUT2D eigenvalue weighted by molar-refractivity contribution is 0.0739. The highest BCUT2D eigenvalue weighted by Crippen LogP contribution is 2.19. The van der Waals surface area contributed by atoms with E-state index in [4.69, 9.17) is 0 Å². The highest BCUT2D eigenvalue weighted by atomic mass is 32.2. The molecule has 1 fully saturated rings. The lowest BCUT2D eigenvalue weighted by Crippen LogP contribution is -2.38. The summed E-state index contributed by atoms with van der Waals surface area (Å²) in [6, 6.07) is 9.18. The molecule has 6 nitrogen and oxygen atoms in total. The number of imidazole rings is 1. The number of rotatable bonds is 3. The van der Waals surface area contributed by atoms with Crippen LogP contribution in [0.5, 0.6) is 0 Å². The molecule has 116 valence electrons. The Morgan fingerprint density at radius 2 is 2.05 bits per heavy atom. The maximum Gasteiger partial charge on any atom is 0.272 e. The van der Waals surface area contributed by atoms with Gasteiger partial charge in [0.05, 0.1) is 24.0 Å². The van der Waals surface area contributed by atoms with Gasteiger partial charge in [0.2, 0.25) is 0 Å². The van der Waals surface area contributed by atoms with E-state index in [0.717, 1.165) is 5.69 Å². The number of hydrogen-bond donors (Lipinski definition) is 0. The molecule has 2 heterocycles. The fourth-order valence-corrected chi connectivity index (χ4v) is 4.45. The van der Waals surface area contributed by atoms with E-state index in [2.05, 4.69) is 4.98 Å². The van der Waals surface area contributed by atoms with E-state index in [-0.39, 0.29) is 23.5 Å². The first-order chi connectivity index (χ1) is 10.5. The van der Waals surface area contributed by atoms with E-state index in [0.29, 0.717) is 12.1 Å². The minimum absolute atomic E-state index is 0.0364. The summed E-state index contributed by atoms with van der Waals surface area (Å²) in [4.78, 5) is 18.2. The van der Waals surface area contributed by atoms with Crippen molar-refractivity contribution in [1.29, 1.82) is 0 Å². The predicted octanol–water partition coefficient (Wildman–Crippen LogP) is 1.13. The Balaban J connectivity index is 1.86. The molecule has 1 amide bonds. The first-order valence-electron chi connectivity index (χ1n) is 7.03. The summed E-state index contributed by atoms with van der Waals surface area (Å²) in [5.41, 5.74) is 1.27. The summed E-state index contributed by atoms with van der Waals surface area (Å²) in [7, 11) is -1.37. The molecule has 0 bridgehead atoms. The summed E-state index contributed by atoms with van der Waals surface area (Å²) in [5, 5.41) is 0. The van der Waals surface area contributed by atoms with Crippen LogP contribution in [0.2, 0.25) is 0 Å². The highest BCUT2D eigenvalue weighted by Gasteiger charge is 2.33. The molecule has 1 aromatic carbocycles. The van der Waals surface area contributed by atoms with Gasteiger partial charge < -0.3 is 4.90 Å². The summed E-state index contributed by atoms with van der Waals surface area (Å²) in [5.74, 6) is -0.0365. The molecule has 1 aliphatic heterocycles. The third-order valence-electron chi connectivity index (χ3n) is 3.97. The van der Waals surface area contributed by atoms with Gasteiger partial charge in [0.1, 0.15) is 5.69 Å². The Kier molecular flexibility index (Phi) is 3.74. The van der Waals surface area contributed by atoms with Crippen molar-refractivity contribution in [3.05, 3.63) is 48.5 Å². The SMILES string of the molecule is CN(C(=O)c1cncn1-c1ccccc1)[C@@H]1CCS(=O)(=O)C1. The smallest absolute Gasteiger partial charge is 0.272 e. The fourth-order valence-electron chi connectivity index (χ4n) is 2.67. The van der Waals surface area contributed by atoms with Crippen molar-refractivity contribution in [2.45, 2.75) is 12.5 Å². The summed E-state index contributed by atoms with van der Waals surface area (Å²) >= 11 is 0. The molecule has 1 saturated heterocycles. The molecule has 0 aliphatic carbocycles. The average molecular weight is 319 g/mol. The highest BCUT2D eigenvalue weighted by molar-refractivity contribution is 7.91. The molecule has 0 N–H and O–H groups in total. The van der Waals surface area contributed by atoms with Gasteiger partial charge in [-0.1, -0.05) is 18.2 Å². The molecular formula is C15H17N3O3S. The number of benzene rings is 1. The van der Waals surface area contributed by atoms with Crippen molar-refractivity contribution in [3.63, 3.8) is 0 Å². The molecule has 0 saturated carbocycles. The number of para-hydroxylation sites is 1. The second-order valence-electron chi connectivity index (χ2n) is 5.46. The third kappa shape index (κ3) is 2.76. The van der Waals surface area contributed by atoms with Crippen LogP contribution in [-0.4, -0.2) is 53.4 Å². The van der Waals surface area contributed by atoms with E-state index >= 15 is 0 Å². The summed E-state index contributed by atoms with van der Waals surface area (Å²) in [6.45, 7) is 0. The standard InChI is InChI=1S/C15H17N3O3S/c1-17(13-7-8-22(20,21)10-13)15(19)14-9-16-11-18(14)12-5-3-2-4-6-12/h2-6,9,11,13H,7-8,10H2,1H3/t13-/m1/s1. The van der Waals surface area contributed by atoms with Crippen LogP contribution in [0.3, 0.4) is 0 Å². The van der Waals surface area contributed by atoms with Gasteiger partial charge in [-0.3, -0.25) is 9.36 Å². The maximum atomic E-state index is 12.7. The van der Waals surface area contributed by atoms with Crippen LogP contribution in [-0.2, 0) is 9.84 Å². The van der Waals surface area contributed by atoms with E-state index in [9.17, 15) is 13.2 Å². The van der Waals surface area contributed by atoms with Crippen LogP contribution in [0.1, 0.15) is 16.9 Å². The molecule has 22 heavy (non-hydrogen) atoms. The van der Waals surface area contributed by atoms with Crippen molar-refractivity contribution < 1.29 is 13.2 Å². The Hall–Kier alpha value is -2.15. The van der Waals surface area contributed by atoms with Gasteiger partial charge in [-0.2, -0.15) is 0 Å². The van der Waals surface area contributed by atoms with Crippen LogP contribution >= 0.6 is 0 Å². The van der Waals surface area contributed by atoms with Crippen LogP contribution in [0.25, 0.3) is 5.69 Å². The Morgan fingerprint density at radius 1 is 1.32 bits per heavy atom. The van der Waals surface area contributed by atoms with Gasteiger partial charge in [0, 0.05) is 18.8 Å². The van der Waals surface area contributed by atoms with E-state index in [1.54, 1.807) is 17.9 Å².